The van der Waals surface area contributed by atoms with Crippen LogP contribution in [0.15, 0.2) is 6.20 Å². The van der Waals surface area contributed by atoms with Crippen molar-refractivity contribution in [2.45, 2.75) is 91.3 Å². The van der Waals surface area contributed by atoms with Crippen molar-refractivity contribution in [1.29, 1.82) is 0 Å². The summed E-state index contributed by atoms with van der Waals surface area (Å²) in [6.07, 6.45) is 4.81. The maximum atomic E-state index is 12.3. The minimum absolute atomic E-state index is 0.118. The van der Waals surface area contributed by atoms with Gasteiger partial charge in [-0.15, -0.1) is 0 Å². The van der Waals surface area contributed by atoms with E-state index in [1.807, 2.05) is 25.7 Å². The summed E-state index contributed by atoms with van der Waals surface area (Å²) < 4.78 is 7.82. The van der Waals surface area contributed by atoms with Crippen LogP contribution < -0.4 is 5.32 Å². The summed E-state index contributed by atoms with van der Waals surface area (Å²) in [7, 11) is 0. The van der Waals surface area contributed by atoms with Crippen molar-refractivity contribution in [2.75, 3.05) is 19.6 Å². The Morgan fingerprint density at radius 2 is 1.85 bits per heavy atom. The number of ether oxygens (including phenoxy) is 1. The summed E-state index contributed by atoms with van der Waals surface area (Å²) in [5.41, 5.74) is 0.822. The Labute approximate surface area is 164 Å². The van der Waals surface area contributed by atoms with Gasteiger partial charge in [0.1, 0.15) is 11.4 Å². The molecule has 2 heterocycles. The van der Waals surface area contributed by atoms with Gasteiger partial charge in [-0.1, -0.05) is 6.92 Å². The van der Waals surface area contributed by atoms with E-state index < -0.39 is 5.60 Å². The summed E-state index contributed by atoms with van der Waals surface area (Å²) in [5, 5.41) is 3.55. The maximum Gasteiger partial charge on any atom is 0.410 e. The Balaban J connectivity index is 1.98. The van der Waals surface area contributed by atoms with Gasteiger partial charge < -0.3 is 19.5 Å². The molecule has 1 aliphatic heterocycles. The second-order valence-electron chi connectivity index (χ2n) is 9.56. The van der Waals surface area contributed by atoms with E-state index in [2.05, 4.69) is 43.8 Å². The highest BCUT2D eigenvalue weighted by Gasteiger charge is 2.29. The molecule has 0 saturated carbocycles. The quantitative estimate of drug-likeness (QED) is 0.843. The number of imidazole rings is 1. The van der Waals surface area contributed by atoms with Crippen LogP contribution >= 0.6 is 0 Å². The number of aromatic nitrogens is 2. The molecular formula is C21H38N4O2. The third-order valence-corrected chi connectivity index (χ3v) is 4.74. The first-order valence-electron chi connectivity index (χ1n) is 10.3. The number of rotatable bonds is 5. The molecule has 154 valence electrons. The number of carbonyl (C=O) groups is 1. The van der Waals surface area contributed by atoms with Crippen LogP contribution in [-0.2, 0) is 17.7 Å². The fourth-order valence-electron chi connectivity index (χ4n) is 3.36. The first-order chi connectivity index (χ1) is 12.5. The van der Waals surface area contributed by atoms with Crippen molar-refractivity contribution in [3.05, 3.63) is 17.7 Å². The van der Waals surface area contributed by atoms with Crippen LogP contribution in [-0.4, -0.2) is 51.3 Å². The molecular weight excluding hydrogens is 340 g/mol. The topological polar surface area (TPSA) is 59.4 Å². The van der Waals surface area contributed by atoms with E-state index in [9.17, 15) is 4.79 Å². The lowest BCUT2D eigenvalue weighted by molar-refractivity contribution is 0.0202. The molecule has 0 spiro atoms. The van der Waals surface area contributed by atoms with E-state index in [4.69, 9.17) is 9.72 Å². The van der Waals surface area contributed by atoms with E-state index >= 15 is 0 Å². The van der Waals surface area contributed by atoms with Gasteiger partial charge in [0.05, 0.1) is 5.69 Å². The zero-order valence-corrected chi connectivity index (χ0v) is 18.3. The second-order valence-corrected chi connectivity index (χ2v) is 9.56. The lowest BCUT2D eigenvalue weighted by atomic mass is 9.96. The number of amides is 1. The molecule has 0 bridgehead atoms. The molecule has 6 heteroatoms. The molecule has 1 saturated heterocycles. The number of aryl methyl sites for hydroxylation is 1. The number of hydrogen-bond donors (Lipinski definition) is 1. The molecule has 0 atom stereocenters. The Hall–Kier alpha value is -1.56. The van der Waals surface area contributed by atoms with Gasteiger partial charge in [-0.3, -0.25) is 0 Å². The van der Waals surface area contributed by atoms with Crippen LogP contribution in [0.5, 0.6) is 0 Å². The summed E-state index contributed by atoms with van der Waals surface area (Å²) >= 11 is 0. The third-order valence-electron chi connectivity index (χ3n) is 4.74. The molecule has 0 aliphatic carbocycles. The zero-order valence-electron chi connectivity index (χ0n) is 18.3. The number of nitrogens with one attached hydrogen (secondary N) is 1. The first-order valence-corrected chi connectivity index (χ1v) is 10.3. The van der Waals surface area contributed by atoms with E-state index in [1.165, 1.54) is 5.82 Å². The second kappa shape index (κ2) is 8.63. The van der Waals surface area contributed by atoms with E-state index in [0.29, 0.717) is 5.92 Å². The highest BCUT2D eigenvalue weighted by atomic mass is 16.6. The van der Waals surface area contributed by atoms with Gasteiger partial charge in [-0.2, -0.15) is 0 Å². The van der Waals surface area contributed by atoms with Gasteiger partial charge in [0.25, 0.3) is 0 Å². The molecule has 1 aliphatic rings. The Morgan fingerprint density at radius 1 is 1.22 bits per heavy atom. The number of likely N-dealkylation sites (tertiary alicyclic amines) is 1. The summed E-state index contributed by atoms with van der Waals surface area (Å²) in [6, 6.07) is 0. The predicted molar refractivity (Wildman–Crippen MR) is 109 cm³/mol. The van der Waals surface area contributed by atoms with Gasteiger partial charge in [0.2, 0.25) is 0 Å². The molecule has 0 aromatic carbocycles. The average Bonchev–Trinajstić information content (AvgIpc) is 2.95. The summed E-state index contributed by atoms with van der Waals surface area (Å²) in [6.45, 7) is 17.7. The van der Waals surface area contributed by atoms with Crippen LogP contribution in [0, 0.1) is 0 Å². The van der Waals surface area contributed by atoms with Crippen LogP contribution in [0.2, 0.25) is 0 Å². The average molecular weight is 379 g/mol. The minimum atomic E-state index is -0.444. The van der Waals surface area contributed by atoms with E-state index in [1.54, 1.807) is 0 Å². The maximum absolute atomic E-state index is 12.3. The fraction of sp³-hybridized carbons (Fsp3) is 0.810. The number of nitrogens with zero attached hydrogens (tertiary/aromatic N) is 3. The molecule has 27 heavy (non-hydrogen) atoms. The predicted octanol–water partition coefficient (Wildman–Crippen LogP) is 3.95. The fourth-order valence-corrected chi connectivity index (χ4v) is 3.36. The third kappa shape index (κ3) is 6.83. The first kappa shape index (κ1) is 21.7. The minimum Gasteiger partial charge on any atom is -0.444 e. The number of hydrogen-bond acceptors (Lipinski definition) is 4. The monoisotopic (exact) mass is 378 g/mol. The van der Waals surface area contributed by atoms with Crippen molar-refractivity contribution >= 4 is 6.09 Å². The molecule has 1 N–H and O–H groups in total. The van der Waals surface area contributed by atoms with Crippen molar-refractivity contribution in [1.82, 2.24) is 19.8 Å². The SMILES string of the molecule is CCc1cn(CCNC(C)(C)C)c(C2CCN(C(=O)OC(C)(C)C)CC2)n1. The zero-order chi connectivity index (χ0) is 20.2. The molecule has 1 aromatic heterocycles. The summed E-state index contributed by atoms with van der Waals surface area (Å²) in [5.74, 6) is 1.57. The van der Waals surface area contributed by atoms with Gasteiger partial charge >= 0.3 is 6.09 Å². The Bertz CT molecular complexity index is 617. The Kier molecular flexibility index (Phi) is 6.95. The van der Waals surface area contributed by atoms with Gasteiger partial charge in [-0.25, -0.2) is 9.78 Å². The van der Waals surface area contributed by atoms with Crippen molar-refractivity contribution in [2.24, 2.45) is 0 Å². The van der Waals surface area contributed by atoms with Crippen LogP contribution in [0.3, 0.4) is 0 Å². The van der Waals surface area contributed by atoms with E-state index in [-0.39, 0.29) is 11.6 Å². The highest BCUT2D eigenvalue weighted by Crippen LogP contribution is 2.28. The number of carbonyl (C=O) groups excluding carboxylic acids is 1. The van der Waals surface area contributed by atoms with Gasteiger partial charge in [0.15, 0.2) is 0 Å². The molecule has 0 radical (unpaired) electrons. The molecule has 1 aromatic rings. The van der Waals surface area contributed by atoms with Crippen LogP contribution in [0.1, 0.15) is 78.7 Å². The molecule has 1 fully saturated rings. The van der Waals surface area contributed by atoms with Gasteiger partial charge in [-0.05, 0) is 60.8 Å². The van der Waals surface area contributed by atoms with Crippen molar-refractivity contribution in [3.63, 3.8) is 0 Å². The largest absolute Gasteiger partial charge is 0.444 e. The normalized spacial score (nSPS) is 16.6. The lowest BCUT2D eigenvalue weighted by Gasteiger charge is -2.33. The van der Waals surface area contributed by atoms with Crippen LogP contribution in [0.4, 0.5) is 4.79 Å². The molecule has 0 unspecified atom stereocenters. The van der Waals surface area contributed by atoms with E-state index in [0.717, 1.165) is 51.1 Å². The van der Waals surface area contributed by atoms with Crippen molar-refractivity contribution in [3.8, 4) is 0 Å². The van der Waals surface area contributed by atoms with Gasteiger partial charge in [0, 0.05) is 43.8 Å². The smallest absolute Gasteiger partial charge is 0.410 e. The molecule has 1 amide bonds. The molecule has 6 nitrogen and oxygen atoms in total. The standard InChI is InChI=1S/C21H38N4O2/c1-8-17-15-25(14-11-22-20(2,3)4)18(23-17)16-9-12-24(13-10-16)19(26)27-21(5,6)7/h15-16,22H,8-14H2,1-7H3. The lowest BCUT2D eigenvalue weighted by Crippen LogP contribution is -2.41. The Morgan fingerprint density at radius 3 is 2.37 bits per heavy atom. The van der Waals surface area contributed by atoms with Crippen LogP contribution in [0.25, 0.3) is 0 Å². The number of piperidine rings is 1. The van der Waals surface area contributed by atoms with Crippen molar-refractivity contribution < 1.29 is 9.53 Å². The highest BCUT2D eigenvalue weighted by molar-refractivity contribution is 5.68. The molecule has 2 rings (SSSR count). The summed E-state index contributed by atoms with van der Waals surface area (Å²) in [4.78, 5) is 19.0.